The van der Waals surface area contributed by atoms with Crippen molar-refractivity contribution in [3.8, 4) is 0 Å². The van der Waals surface area contributed by atoms with Crippen molar-refractivity contribution in [2.24, 2.45) is 5.73 Å². The van der Waals surface area contributed by atoms with E-state index in [1.807, 2.05) is 19.0 Å². The second-order valence-corrected chi connectivity index (χ2v) is 4.18. The summed E-state index contributed by atoms with van der Waals surface area (Å²) in [7, 11) is 3.83. The first-order valence-corrected chi connectivity index (χ1v) is 4.67. The van der Waals surface area contributed by atoms with Crippen LogP contribution < -0.4 is 5.73 Å². The van der Waals surface area contributed by atoms with Crippen LogP contribution in [0.2, 0.25) is 0 Å². The Morgan fingerprint density at radius 3 is 1.92 bits per heavy atom. The van der Waals surface area contributed by atoms with Crippen molar-refractivity contribution in [1.29, 1.82) is 0 Å². The first-order valence-electron chi connectivity index (χ1n) is 4.67. The molecular weight excluding hydrogens is 174 g/mol. The first kappa shape index (κ1) is 10.9. The molecule has 0 aliphatic heterocycles. The van der Waals surface area contributed by atoms with Gasteiger partial charge in [-0.2, -0.15) is 0 Å². The highest BCUT2D eigenvalue weighted by molar-refractivity contribution is 4.95. The molecule has 2 nitrogen and oxygen atoms in total. The van der Waals surface area contributed by atoms with E-state index in [9.17, 15) is 8.78 Å². The van der Waals surface area contributed by atoms with Crippen molar-refractivity contribution >= 4 is 0 Å². The zero-order valence-corrected chi connectivity index (χ0v) is 8.32. The summed E-state index contributed by atoms with van der Waals surface area (Å²) in [5, 5.41) is 0. The Morgan fingerprint density at radius 1 is 1.15 bits per heavy atom. The number of halogens is 2. The number of alkyl halides is 2. The molecule has 1 saturated carbocycles. The molecule has 0 atom stereocenters. The van der Waals surface area contributed by atoms with Gasteiger partial charge in [-0.05, 0) is 26.9 Å². The lowest BCUT2D eigenvalue weighted by atomic mass is 9.79. The summed E-state index contributed by atoms with van der Waals surface area (Å²) in [6.45, 7) is 0.468. The normalized spacial score (nSPS) is 26.3. The van der Waals surface area contributed by atoms with E-state index in [1.165, 1.54) is 0 Å². The molecular formula is C9H18F2N2. The van der Waals surface area contributed by atoms with Gasteiger partial charge < -0.3 is 10.6 Å². The van der Waals surface area contributed by atoms with E-state index in [0.717, 1.165) is 0 Å². The van der Waals surface area contributed by atoms with E-state index >= 15 is 0 Å². The molecule has 0 amide bonds. The third-order valence-electron chi connectivity index (χ3n) is 3.24. The molecule has 0 aromatic carbocycles. The van der Waals surface area contributed by atoms with Gasteiger partial charge in [0.25, 0.3) is 0 Å². The van der Waals surface area contributed by atoms with Gasteiger partial charge in [0.2, 0.25) is 5.92 Å². The summed E-state index contributed by atoms with van der Waals surface area (Å²) in [4.78, 5) is 1.99. The fourth-order valence-corrected chi connectivity index (χ4v) is 1.92. The third kappa shape index (κ3) is 2.17. The monoisotopic (exact) mass is 192 g/mol. The Kier molecular flexibility index (Phi) is 2.92. The Bertz CT molecular complexity index is 170. The molecule has 13 heavy (non-hydrogen) atoms. The van der Waals surface area contributed by atoms with Gasteiger partial charge in [0.15, 0.2) is 0 Å². The lowest BCUT2D eigenvalue weighted by Gasteiger charge is -2.44. The molecule has 0 bridgehead atoms. The van der Waals surface area contributed by atoms with Gasteiger partial charge in [-0.25, -0.2) is 8.78 Å². The predicted octanol–water partition coefficient (Wildman–Crippen LogP) is 1.45. The van der Waals surface area contributed by atoms with Gasteiger partial charge in [-0.1, -0.05) is 0 Å². The lowest BCUT2D eigenvalue weighted by Crippen LogP contribution is -2.54. The largest absolute Gasteiger partial charge is 0.329 e. The van der Waals surface area contributed by atoms with Gasteiger partial charge in [0, 0.05) is 24.9 Å². The van der Waals surface area contributed by atoms with Crippen LogP contribution in [0.3, 0.4) is 0 Å². The Labute approximate surface area is 78.1 Å². The predicted molar refractivity (Wildman–Crippen MR) is 48.9 cm³/mol. The molecule has 1 fully saturated rings. The number of hydrogen-bond donors (Lipinski definition) is 1. The second kappa shape index (κ2) is 3.50. The Hall–Kier alpha value is -0.220. The van der Waals surface area contributed by atoms with Crippen molar-refractivity contribution in [2.75, 3.05) is 20.6 Å². The van der Waals surface area contributed by atoms with Crippen LogP contribution in [0.25, 0.3) is 0 Å². The highest BCUT2D eigenvalue weighted by Crippen LogP contribution is 2.40. The van der Waals surface area contributed by atoms with Gasteiger partial charge in [0.1, 0.15) is 0 Å². The van der Waals surface area contributed by atoms with Crippen LogP contribution in [0.1, 0.15) is 25.7 Å². The van der Waals surface area contributed by atoms with Gasteiger partial charge in [0.05, 0.1) is 0 Å². The molecule has 0 radical (unpaired) electrons. The number of nitrogens with two attached hydrogens (primary N) is 1. The minimum atomic E-state index is -2.46. The Morgan fingerprint density at radius 2 is 1.62 bits per heavy atom. The van der Waals surface area contributed by atoms with Crippen LogP contribution >= 0.6 is 0 Å². The highest BCUT2D eigenvalue weighted by atomic mass is 19.3. The highest BCUT2D eigenvalue weighted by Gasteiger charge is 2.43. The molecule has 0 unspecified atom stereocenters. The van der Waals surface area contributed by atoms with E-state index in [1.54, 1.807) is 0 Å². The molecule has 78 valence electrons. The minimum absolute atomic E-state index is 0.0254. The fourth-order valence-electron chi connectivity index (χ4n) is 1.92. The van der Waals surface area contributed by atoms with Crippen LogP contribution in [0.5, 0.6) is 0 Å². The average molecular weight is 192 g/mol. The van der Waals surface area contributed by atoms with E-state index < -0.39 is 5.92 Å². The average Bonchev–Trinajstić information content (AvgIpc) is 2.05. The van der Waals surface area contributed by atoms with Crippen molar-refractivity contribution in [2.45, 2.75) is 37.1 Å². The number of rotatable bonds is 2. The quantitative estimate of drug-likeness (QED) is 0.717. The Balaban J connectivity index is 2.63. The maximum absolute atomic E-state index is 12.9. The molecule has 1 aliphatic rings. The molecule has 0 heterocycles. The third-order valence-corrected chi connectivity index (χ3v) is 3.24. The van der Waals surface area contributed by atoms with E-state index in [2.05, 4.69) is 0 Å². The van der Waals surface area contributed by atoms with Crippen LogP contribution in [0.15, 0.2) is 0 Å². The zero-order valence-electron chi connectivity index (χ0n) is 8.32. The summed E-state index contributed by atoms with van der Waals surface area (Å²) in [6.07, 6.45) is 0.956. The summed E-state index contributed by atoms with van der Waals surface area (Å²) in [5.74, 6) is -2.46. The molecule has 4 heteroatoms. The van der Waals surface area contributed by atoms with Gasteiger partial charge >= 0.3 is 0 Å². The molecule has 0 aromatic heterocycles. The number of hydrogen-bond acceptors (Lipinski definition) is 2. The van der Waals surface area contributed by atoms with Crippen molar-refractivity contribution in [3.05, 3.63) is 0 Å². The van der Waals surface area contributed by atoms with Crippen molar-refractivity contribution in [3.63, 3.8) is 0 Å². The van der Waals surface area contributed by atoms with Crippen molar-refractivity contribution < 1.29 is 8.78 Å². The van der Waals surface area contributed by atoms with E-state index in [4.69, 9.17) is 5.73 Å². The minimum Gasteiger partial charge on any atom is -0.329 e. The summed E-state index contributed by atoms with van der Waals surface area (Å²) in [6, 6.07) is 0. The van der Waals surface area contributed by atoms with E-state index in [0.29, 0.717) is 19.4 Å². The fraction of sp³-hybridized carbons (Fsp3) is 1.00. The maximum Gasteiger partial charge on any atom is 0.248 e. The molecule has 0 saturated heterocycles. The maximum atomic E-state index is 12.9. The molecule has 1 aliphatic carbocycles. The lowest BCUT2D eigenvalue weighted by molar-refractivity contribution is -0.0714. The summed E-state index contributed by atoms with van der Waals surface area (Å²) in [5.41, 5.74) is 5.45. The molecule has 0 spiro atoms. The van der Waals surface area contributed by atoms with Gasteiger partial charge in [-0.15, -0.1) is 0 Å². The summed E-state index contributed by atoms with van der Waals surface area (Å²) < 4.78 is 25.8. The SMILES string of the molecule is CN(C)C1(CN)CCC(F)(F)CC1. The zero-order chi connectivity index (χ0) is 10.1. The van der Waals surface area contributed by atoms with Crippen LogP contribution in [-0.4, -0.2) is 37.0 Å². The number of nitrogens with zero attached hydrogens (tertiary/aromatic N) is 1. The smallest absolute Gasteiger partial charge is 0.248 e. The molecule has 1 rings (SSSR count). The standard InChI is InChI=1S/C9H18F2N2/c1-13(2)8(7-12)3-5-9(10,11)6-4-8/h3-7,12H2,1-2H3. The van der Waals surface area contributed by atoms with Crippen LogP contribution in [0, 0.1) is 0 Å². The van der Waals surface area contributed by atoms with Gasteiger partial charge in [-0.3, -0.25) is 0 Å². The van der Waals surface area contributed by atoms with Crippen LogP contribution in [0.4, 0.5) is 8.78 Å². The second-order valence-electron chi connectivity index (χ2n) is 4.18. The first-order chi connectivity index (χ1) is 5.92. The number of likely N-dealkylation sites (N-methyl/N-ethyl adjacent to an activating group) is 1. The molecule has 2 N–H and O–H groups in total. The summed E-state index contributed by atoms with van der Waals surface area (Å²) >= 11 is 0. The van der Waals surface area contributed by atoms with Crippen molar-refractivity contribution in [1.82, 2.24) is 4.90 Å². The molecule has 0 aromatic rings. The topological polar surface area (TPSA) is 29.3 Å². The van der Waals surface area contributed by atoms with Crippen LogP contribution in [-0.2, 0) is 0 Å². The van der Waals surface area contributed by atoms with E-state index in [-0.39, 0.29) is 18.4 Å².